The number of para-hydroxylation sites is 1. The fraction of sp³-hybridized carbons (Fsp3) is 0.480. The minimum Gasteiger partial charge on any atom is -0.457 e. The highest BCUT2D eigenvalue weighted by Gasteiger charge is 2.34. The van der Waals surface area contributed by atoms with E-state index in [1.165, 1.54) is 11.3 Å². The number of nitrogens with zero attached hydrogens (tertiary/aromatic N) is 1. The van der Waals surface area contributed by atoms with Crippen LogP contribution in [0.25, 0.3) is 0 Å². The van der Waals surface area contributed by atoms with Gasteiger partial charge in [-0.2, -0.15) is 5.26 Å². The number of carbonyl (C=O) groups excluding carboxylic acids is 2. The molecule has 34 heavy (non-hydrogen) atoms. The molecule has 5 rings (SSSR count). The zero-order chi connectivity index (χ0) is 23.5. The van der Waals surface area contributed by atoms with Crippen molar-refractivity contribution >= 4 is 28.2 Å². The predicted molar refractivity (Wildman–Crippen MR) is 129 cm³/mol. The zero-order valence-corrected chi connectivity index (χ0v) is 19.7. The Bertz CT molecular complexity index is 1090. The Morgan fingerprint density at radius 1 is 1.15 bits per heavy atom. The number of thiophene rings is 1. The second kappa shape index (κ2) is 10.0. The minimum absolute atomic E-state index is 0.0126. The molecule has 3 aliphatic carbocycles. The number of hydrogen-bond donors (Lipinski definition) is 4. The van der Waals surface area contributed by atoms with Crippen LogP contribution in [0.15, 0.2) is 30.3 Å². The molecular weight excluding hydrogens is 450 g/mol. The first kappa shape index (κ1) is 22.7. The van der Waals surface area contributed by atoms with Crippen molar-refractivity contribution in [1.82, 2.24) is 16.0 Å². The van der Waals surface area contributed by atoms with Crippen molar-refractivity contribution < 1.29 is 14.3 Å². The second-order valence-electron chi connectivity index (χ2n) is 9.30. The average Bonchev–Trinajstić information content (AvgIpc) is 3.75. The van der Waals surface area contributed by atoms with Gasteiger partial charge in [0.15, 0.2) is 6.19 Å². The Kier molecular flexibility index (Phi) is 6.70. The lowest BCUT2D eigenvalue weighted by molar-refractivity contribution is -0.117. The molecule has 2 atom stereocenters. The number of anilines is 1. The van der Waals surface area contributed by atoms with E-state index in [0.29, 0.717) is 35.2 Å². The molecule has 0 radical (unpaired) electrons. The molecule has 178 valence electrons. The van der Waals surface area contributed by atoms with Crippen molar-refractivity contribution in [3.05, 3.63) is 46.3 Å². The summed E-state index contributed by atoms with van der Waals surface area (Å²) in [6, 6.07) is 9.34. The lowest BCUT2D eigenvalue weighted by Gasteiger charge is -2.28. The number of ether oxygens (including phenoxy) is 1. The van der Waals surface area contributed by atoms with Crippen molar-refractivity contribution in [3.8, 4) is 11.9 Å². The van der Waals surface area contributed by atoms with E-state index in [9.17, 15) is 14.9 Å². The molecule has 8 nitrogen and oxygen atoms in total. The molecule has 2 aromatic rings. The number of benzene rings is 1. The maximum Gasteiger partial charge on any atom is 0.254 e. The number of amides is 2. The minimum atomic E-state index is -0.682. The number of aryl methyl sites for hydroxylation is 1. The largest absolute Gasteiger partial charge is 0.457 e. The van der Waals surface area contributed by atoms with Crippen LogP contribution in [0.1, 0.15) is 52.9 Å². The molecule has 2 fully saturated rings. The second-order valence-corrected chi connectivity index (χ2v) is 10.4. The summed E-state index contributed by atoms with van der Waals surface area (Å²) in [4.78, 5) is 26.9. The number of hydrogen-bond acceptors (Lipinski definition) is 7. The molecule has 3 aliphatic rings. The van der Waals surface area contributed by atoms with Crippen molar-refractivity contribution in [1.29, 1.82) is 5.26 Å². The Labute approximate surface area is 203 Å². The number of carbonyl (C=O) groups is 2. The molecule has 0 aliphatic heterocycles. The van der Waals surface area contributed by atoms with Gasteiger partial charge in [-0.15, -0.1) is 11.3 Å². The number of nitrogens with one attached hydrogen (secondary N) is 4. The third-order valence-corrected chi connectivity index (χ3v) is 7.71. The van der Waals surface area contributed by atoms with Gasteiger partial charge in [0.2, 0.25) is 12.3 Å². The molecule has 2 saturated carbocycles. The van der Waals surface area contributed by atoms with Gasteiger partial charge < -0.3 is 15.4 Å². The van der Waals surface area contributed by atoms with Crippen molar-refractivity contribution in [2.24, 2.45) is 11.8 Å². The van der Waals surface area contributed by atoms with E-state index in [2.05, 4.69) is 21.3 Å². The molecule has 0 spiro atoms. The van der Waals surface area contributed by atoms with Crippen LogP contribution >= 0.6 is 11.3 Å². The third kappa shape index (κ3) is 5.51. The SMILES string of the molecule is N#CNC(NC1CCc2sc(NC(=O)C3CC3)c(C(=O)NCC3CC3)c2C1)Oc1ccccc1. The Balaban J connectivity index is 1.32. The summed E-state index contributed by atoms with van der Waals surface area (Å²) in [5.74, 6) is 1.21. The first-order chi connectivity index (χ1) is 16.6. The highest BCUT2D eigenvalue weighted by molar-refractivity contribution is 7.17. The fourth-order valence-electron chi connectivity index (χ4n) is 4.27. The first-order valence-corrected chi connectivity index (χ1v) is 12.8. The molecule has 0 bridgehead atoms. The van der Waals surface area contributed by atoms with Gasteiger partial charge in [-0.25, -0.2) is 0 Å². The quantitative estimate of drug-likeness (QED) is 0.236. The Hall–Kier alpha value is -3.09. The molecular formula is C25H29N5O3S. The van der Waals surface area contributed by atoms with Gasteiger partial charge in [0.25, 0.3) is 5.91 Å². The van der Waals surface area contributed by atoms with Crippen LogP contribution in [0.5, 0.6) is 5.75 Å². The monoisotopic (exact) mass is 479 g/mol. The van der Waals surface area contributed by atoms with Crippen LogP contribution in [-0.4, -0.2) is 30.8 Å². The van der Waals surface area contributed by atoms with Crippen molar-refractivity contribution in [2.75, 3.05) is 11.9 Å². The summed E-state index contributed by atoms with van der Waals surface area (Å²) >= 11 is 1.53. The van der Waals surface area contributed by atoms with Gasteiger partial charge in [0, 0.05) is 23.4 Å². The maximum absolute atomic E-state index is 13.2. The Morgan fingerprint density at radius 3 is 2.65 bits per heavy atom. The van der Waals surface area contributed by atoms with E-state index in [1.54, 1.807) is 0 Å². The number of fused-ring (bicyclic) bond motifs is 1. The predicted octanol–water partition coefficient (Wildman–Crippen LogP) is 3.12. The van der Waals surface area contributed by atoms with Crippen LogP contribution in [-0.2, 0) is 17.6 Å². The molecule has 0 saturated heterocycles. The highest BCUT2D eigenvalue weighted by atomic mass is 32.1. The number of nitriles is 1. The zero-order valence-electron chi connectivity index (χ0n) is 18.9. The highest BCUT2D eigenvalue weighted by Crippen LogP contribution is 2.40. The van der Waals surface area contributed by atoms with Gasteiger partial charge in [-0.05, 0) is 68.6 Å². The van der Waals surface area contributed by atoms with Crippen LogP contribution in [0.4, 0.5) is 5.00 Å². The lowest BCUT2D eigenvalue weighted by atomic mass is 9.91. The summed E-state index contributed by atoms with van der Waals surface area (Å²) < 4.78 is 5.91. The van der Waals surface area contributed by atoms with E-state index < -0.39 is 6.35 Å². The third-order valence-electron chi connectivity index (χ3n) is 6.50. The summed E-state index contributed by atoms with van der Waals surface area (Å²) in [5, 5.41) is 22.0. The normalized spacial score (nSPS) is 19.9. The smallest absolute Gasteiger partial charge is 0.254 e. The molecule has 1 aromatic carbocycles. The molecule has 9 heteroatoms. The van der Waals surface area contributed by atoms with Crippen LogP contribution < -0.4 is 26.0 Å². The molecule has 1 aromatic heterocycles. The summed E-state index contributed by atoms with van der Waals surface area (Å²) in [6.07, 6.45) is 7.69. The van der Waals surface area contributed by atoms with Gasteiger partial charge in [-0.3, -0.25) is 20.2 Å². The average molecular weight is 480 g/mol. The molecule has 2 amide bonds. The van der Waals surface area contributed by atoms with E-state index in [1.807, 2.05) is 36.5 Å². The molecule has 4 N–H and O–H groups in total. The summed E-state index contributed by atoms with van der Waals surface area (Å²) in [5.41, 5.74) is 1.60. The van der Waals surface area contributed by atoms with E-state index in [0.717, 1.165) is 49.0 Å². The Morgan fingerprint density at radius 2 is 1.94 bits per heavy atom. The fourth-order valence-corrected chi connectivity index (χ4v) is 5.52. The van der Waals surface area contributed by atoms with Crippen LogP contribution in [0.2, 0.25) is 0 Å². The van der Waals surface area contributed by atoms with Gasteiger partial charge in [0.05, 0.1) is 5.56 Å². The van der Waals surface area contributed by atoms with Crippen molar-refractivity contribution in [3.63, 3.8) is 0 Å². The lowest BCUT2D eigenvalue weighted by Crippen LogP contribution is -2.51. The van der Waals surface area contributed by atoms with Crippen molar-refractivity contribution in [2.45, 2.75) is 57.3 Å². The number of rotatable bonds is 10. The van der Waals surface area contributed by atoms with E-state index >= 15 is 0 Å². The van der Waals surface area contributed by atoms with Gasteiger partial charge in [-0.1, -0.05) is 18.2 Å². The molecule has 2 unspecified atom stereocenters. The summed E-state index contributed by atoms with van der Waals surface area (Å²) in [7, 11) is 0. The van der Waals surface area contributed by atoms with Gasteiger partial charge >= 0.3 is 0 Å². The first-order valence-electron chi connectivity index (χ1n) is 12.0. The standard InChI is InChI=1S/C25H29N5O3S/c26-14-28-25(33-18-4-2-1-3-5-18)29-17-10-11-20-19(12-17)21(23(32)27-13-15-6-7-15)24(34-20)30-22(31)16-8-9-16/h1-5,15-17,25,28-29H,6-13H2,(H,27,32)(H,30,31). The van der Waals surface area contributed by atoms with E-state index in [4.69, 9.17) is 4.74 Å². The summed E-state index contributed by atoms with van der Waals surface area (Å²) in [6.45, 7) is 0.681. The van der Waals surface area contributed by atoms with Gasteiger partial charge in [0.1, 0.15) is 10.8 Å². The van der Waals surface area contributed by atoms with E-state index in [-0.39, 0.29) is 23.8 Å². The van der Waals surface area contributed by atoms with Crippen LogP contribution in [0, 0.1) is 23.3 Å². The van der Waals surface area contributed by atoms with Crippen LogP contribution in [0.3, 0.4) is 0 Å². The molecule has 1 heterocycles. The topological polar surface area (TPSA) is 115 Å². The maximum atomic E-state index is 13.2.